The van der Waals surface area contributed by atoms with Crippen molar-refractivity contribution in [2.75, 3.05) is 11.9 Å². The molecule has 20 heavy (non-hydrogen) atoms. The normalized spacial score (nSPS) is 10.5. The molecule has 2 aromatic heterocycles. The van der Waals surface area contributed by atoms with Gasteiger partial charge in [0.25, 0.3) is 0 Å². The van der Waals surface area contributed by atoms with Crippen molar-refractivity contribution in [3.63, 3.8) is 0 Å². The van der Waals surface area contributed by atoms with E-state index in [1.54, 1.807) is 0 Å². The molecule has 0 fully saturated rings. The fourth-order valence-corrected chi connectivity index (χ4v) is 1.90. The van der Waals surface area contributed by atoms with Gasteiger partial charge in [-0.25, -0.2) is 4.98 Å². The number of hydrogen-bond acceptors (Lipinski definition) is 5. The number of pyridine rings is 1. The summed E-state index contributed by atoms with van der Waals surface area (Å²) in [5.74, 6) is 0.434. The average Bonchev–Trinajstić information content (AvgIpc) is 2.78. The van der Waals surface area contributed by atoms with Gasteiger partial charge in [0.1, 0.15) is 12.4 Å². The minimum Gasteiger partial charge on any atom is -0.370 e. The van der Waals surface area contributed by atoms with E-state index >= 15 is 0 Å². The molecule has 0 unspecified atom stereocenters. The van der Waals surface area contributed by atoms with Gasteiger partial charge in [0, 0.05) is 6.54 Å². The number of rotatable bonds is 6. The summed E-state index contributed by atoms with van der Waals surface area (Å²) in [6, 6.07) is 5.58. The Labute approximate surface area is 120 Å². The Morgan fingerprint density at radius 1 is 1.50 bits per heavy atom. The summed E-state index contributed by atoms with van der Waals surface area (Å²) in [7, 11) is 0. The van der Waals surface area contributed by atoms with Crippen molar-refractivity contribution in [1.82, 2.24) is 14.8 Å². The van der Waals surface area contributed by atoms with E-state index in [1.807, 2.05) is 18.2 Å². The maximum Gasteiger partial charge on any atom is 0.408 e. The predicted octanol–water partition coefficient (Wildman–Crippen LogP) is 2.71. The Bertz CT molecular complexity index is 614. The van der Waals surface area contributed by atoms with E-state index in [9.17, 15) is 10.1 Å². The van der Waals surface area contributed by atoms with Crippen molar-refractivity contribution in [3.05, 3.63) is 45.2 Å². The second-order valence-electron chi connectivity index (χ2n) is 4.20. The summed E-state index contributed by atoms with van der Waals surface area (Å²) in [5.41, 5.74) is 0.750. The maximum atomic E-state index is 10.7. The molecule has 8 heteroatoms. The van der Waals surface area contributed by atoms with Gasteiger partial charge in [0.05, 0.1) is 17.0 Å². The van der Waals surface area contributed by atoms with Crippen LogP contribution in [-0.2, 0) is 6.54 Å². The van der Waals surface area contributed by atoms with Crippen LogP contribution in [0.5, 0.6) is 0 Å². The highest BCUT2D eigenvalue weighted by atomic mass is 35.5. The van der Waals surface area contributed by atoms with Gasteiger partial charge in [-0.05, 0) is 23.5 Å². The lowest BCUT2D eigenvalue weighted by Gasteiger charge is -2.05. The van der Waals surface area contributed by atoms with Gasteiger partial charge >= 0.3 is 5.82 Å². The molecule has 0 atom stereocenters. The monoisotopic (exact) mass is 295 g/mol. The average molecular weight is 296 g/mol. The van der Waals surface area contributed by atoms with Crippen LogP contribution in [0.4, 0.5) is 11.6 Å². The number of hydrogen-bond donors (Lipinski definition) is 1. The van der Waals surface area contributed by atoms with Crippen molar-refractivity contribution in [2.24, 2.45) is 0 Å². The van der Waals surface area contributed by atoms with E-state index in [0.29, 0.717) is 6.54 Å². The van der Waals surface area contributed by atoms with Gasteiger partial charge in [-0.3, -0.25) is 0 Å². The highest BCUT2D eigenvalue weighted by molar-refractivity contribution is 6.32. The first-order valence-electron chi connectivity index (χ1n) is 6.17. The molecule has 0 radical (unpaired) electrons. The molecular weight excluding hydrogens is 282 g/mol. The molecule has 7 nitrogen and oxygen atoms in total. The first-order chi connectivity index (χ1) is 9.60. The number of nitrogens with zero attached hydrogens (tertiary/aromatic N) is 4. The van der Waals surface area contributed by atoms with E-state index in [2.05, 4.69) is 22.3 Å². The minimum atomic E-state index is -0.606. The van der Waals surface area contributed by atoms with Gasteiger partial charge in [0.15, 0.2) is 5.02 Å². The summed E-state index contributed by atoms with van der Waals surface area (Å²) in [4.78, 5) is 14.5. The van der Waals surface area contributed by atoms with Crippen molar-refractivity contribution in [1.29, 1.82) is 0 Å². The highest BCUT2D eigenvalue weighted by Gasteiger charge is 2.19. The molecule has 0 aliphatic rings. The number of nitrogens with one attached hydrogen (secondary N) is 1. The molecular formula is C12H14ClN5O2. The standard InChI is InChI=1S/C12H14ClN5O2/c1-2-6-14-11-5-3-4-9(15-11)7-17-8-10(13)12(16-17)18(19)20/h3-5,8H,2,6-7H2,1H3,(H,14,15). The first-order valence-corrected chi connectivity index (χ1v) is 6.55. The quantitative estimate of drug-likeness (QED) is 0.654. The molecule has 0 aliphatic carbocycles. The predicted molar refractivity (Wildman–Crippen MR) is 76.0 cm³/mol. The molecule has 0 saturated carbocycles. The third-order valence-electron chi connectivity index (χ3n) is 2.56. The van der Waals surface area contributed by atoms with E-state index in [4.69, 9.17) is 11.6 Å². The fourth-order valence-electron chi connectivity index (χ4n) is 1.68. The zero-order valence-electron chi connectivity index (χ0n) is 10.9. The van der Waals surface area contributed by atoms with Crippen LogP contribution in [0.2, 0.25) is 5.02 Å². The summed E-state index contributed by atoms with van der Waals surface area (Å²) in [6.07, 6.45) is 2.43. The Hall–Kier alpha value is -2.15. The third-order valence-corrected chi connectivity index (χ3v) is 2.83. The number of anilines is 1. The lowest BCUT2D eigenvalue weighted by Crippen LogP contribution is -2.06. The summed E-state index contributed by atoms with van der Waals surface area (Å²) < 4.78 is 1.41. The van der Waals surface area contributed by atoms with Crippen LogP contribution in [0.25, 0.3) is 0 Å². The van der Waals surface area contributed by atoms with Crippen LogP contribution in [0.15, 0.2) is 24.4 Å². The SMILES string of the molecule is CCCNc1cccc(Cn2cc(Cl)c([N+](=O)[O-])n2)n1. The Morgan fingerprint density at radius 3 is 2.95 bits per heavy atom. The van der Waals surface area contributed by atoms with Crippen LogP contribution in [-0.4, -0.2) is 26.2 Å². The van der Waals surface area contributed by atoms with Crippen molar-refractivity contribution in [2.45, 2.75) is 19.9 Å². The van der Waals surface area contributed by atoms with Crippen molar-refractivity contribution >= 4 is 23.2 Å². The van der Waals surface area contributed by atoms with Crippen molar-refractivity contribution < 1.29 is 4.92 Å². The van der Waals surface area contributed by atoms with Gasteiger partial charge in [0.2, 0.25) is 0 Å². The number of aromatic nitrogens is 3. The second-order valence-corrected chi connectivity index (χ2v) is 4.60. The topological polar surface area (TPSA) is 85.9 Å². The van der Waals surface area contributed by atoms with Crippen LogP contribution in [0, 0.1) is 10.1 Å². The van der Waals surface area contributed by atoms with Crippen LogP contribution < -0.4 is 5.32 Å². The van der Waals surface area contributed by atoms with E-state index in [0.717, 1.165) is 24.5 Å². The van der Waals surface area contributed by atoms with Crippen LogP contribution in [0.3, 0.4) is 0 Å². The van der Waals surface area contributed by atoms with Gasteiger partial charge < -0.3 is 15.4 Å². The van der Waals surface area contributed by atoms with Crippen molar-refractivity contribution in [3.8, 4) is 0 Å². The highest BCUT2D eigenvalue weighted by Crippen LogP contribution is 2.21. The molecule has 0 amide bonds. The maximum absolute atomic E-state index is 10.7. The van der Waals surface area contributed by atoms with E-state index in [-0.39, 0.29) is 10.8 Å². The molecule has 2 aromatic rings. The number of halogens is 1. The molecule has 2 heterocycles. The molecule has 0 spiro atoms. The lowest BCUT2D eigenvalue weighted by molar-refractivity contribution is -0.389. The summed E-state index contributed by atoms with van der Waals surface area (Å²) >= 11 is 5.75. The molecule has 2 rings (SSSR count). The van der Waals surface area contributed by atoms with E-state index < -0.39 is 4.92 Å². The Balaban J connectivity index is 2.13. The smallest absolute Gasteiger partial charge is 0.370 e. The Kier molecular flexibility index (Phi) is 4.52. The zero-order valence-corrected chi connectivity index (χ0v) is 11.7. The van der Waals surface area contributed by atoms with Gasteiger partial charge in [-0.15, -0.1) is 0 Å². The largest absolute Gasteiger partial charge is 0.408 e. The molecule has 0 aromatic carbocycles. The fraction of sp³-hybridized carbons (Fsp3) is 0.333. The summed E-state index contributed by atoms with van der Waals surface area (Å²) in [6.45, 7) is 3.24. The first kappa shape index (κ1) is 14.3. The molecule has 0 saturated heterocycles. The summed E-state index contributed by atoms with van der Waals surface area (Å²) in [5, 5.41) is 17.7. The van der Waals surface area contributed by atoms with Gasteiger partial charge in [-0.1, -0.05) is 24.6 Å². The minimum absolute atomic E-state index is 0.0234. The number of nitro groups is 1. The van der Waals surface area contributed by atoms with E-state index in [1.165, 1.54) is 10.9 Å². The third kappa shape index (κ3) is 3.45. The molecule has 0 aliphatic heterocycles. The van der Waals surface area contributed by atoms with Crippen LogP contribution in [0.1, 0.15) is 19.0 Å². The Morgan fingerprint density at radius 2 is 2.30 bits per heavy atom. The zero-order chi connectivity index (χ0) is 14.5. The molecule has 106 valence electrons. The second kappa shape index (κ2) is 6.33. The van der Waals surface area contributed by atoms with Gasteiger partial charge in [-0.2, -0.15) is 4.68 Å². The van der Waals surface area contributed by atoms with Crippen LogP contribution >= 0.6 is 11.6 Å². The lowest BCUT2D eigenvalue weighted by atomic mass is 10.3. The molecule has 0 bridgehead atoms. The molecule has 1 N–H and O–H groups in total.